The summed E-state index contributed by atoms with van der Waals surface area (Å²) in [5, 5.41) is 2.34. The van der Waals surface area contributed by atoms with Crippen LogP contribution in [0.15, 0.2) is 41.3 Å². The lowest BCUT2D eigenvalue weighted by atomic mass is 10.1. The number of fused-ring (bicyclic) bond motifs is 1. The molecule has 0 amide bonds. The molecule has 2 aromatic carbocycles. The van der Waals surface area contributed by atoms with Crippen LogP contribution in [-0.2, 0) is 0 Å². The lowest BCUT2D eigenvalue weighted by Crippen LogP contribution is -1.92. The monoisotopic (exact) mass is 204 g/mol. The summed E-state index contributed by atoms with van der Waals surface area (Å²) in [5.41, 5.74) is 0. The summed E-state index contributed by atoms with van der Waals surface area (Å²) < 4.78 is 5.47. The van der Waals surface area contributed by atoms with Crippen LogP contribution >= 0.6 is 12.6 Å². The van der Waals surface area contributed by atoms with Gasteiger partial charge in [0.05, 0.1) is 11.5 Å². The van der Waals surface area contributed by atoms with Gasteiger partial charge >= 0.3 is 0 Å². The van der Waals surface area contributed by atoms with E-state index in [0.29, 0.717) is 6.61 Å². The Hall–Kier alpha value is -1.15. The molecule has 2 heteroatoms. The average Bonchev–Trinajstić information content (AvgIpc) is 2.23. The second-order valence-corrected chi connectivity index (χ2v) is 3.51. The SMILES string of the molecule is CCOc1ccc2ccccc2c1S. The molecule has 0 saturated heterocycles. The fraction of sp³-hybridized carbons (Fsp3) is 0.167. The summed E-state index contributed by atoms with van der Waals surface area (Å²) in [5.74, 6) is 0.856. The van der Waals surface area contributed by atoms with Crippen LogP contribution in [0.1, 0.15) is 6.92 Å². The van der Waals surface area contributed by atoms with Gasteiger partial charge in [-0.05, 0) is 23.8 Å². The Kier molecular flexibility index (Phi) is 2.64. The lowest BCUT2D eigenvalue weighted by Gasteiger charge is -2.08. The van der Waals surface area contributed by atoms with Crippen molar-refractivity contribution in [1.29, 1.82) is 0 Å². The fourth-order valence-electron chi connectivity index (χ4n) is 1.51. The minimum atomic E-state index is 0.673. The van der Waals surface area contributed by atoms with Crippen molar-refractivity contribution in [2.75, 3.05) is 6.61 Å². The molecule has 0 N–H and O–H groups in total. The average molecular weight is 204 g/mol. The Labute approximate surface area is 89.1 Å². The zero-order chi connectivity index (χ0) is 9.97. The highest BCUT2D eigenvalue weighted by atomic mass is 32.1. The summed E-state index contributed by atoms with van der Waals surface area (Å²) in [7, 11) is 0. The molecule has 0 aliphatic carbocycles. The van der Waals surface area contributed by atoms with Gasteiger partial charge in [0.1, 0.15) is 5.75 Å². The molecule has 0 aliphatic rings. The quantitative estimate of drug-likeness (QED) is 0.736. The molecule has 0 bridgehead atoms. The predicted octanol–water partition coefficient (Wildman–Crippen LogP) is 3.53. The summed E-state index contributed by atoms with van der Waals surface area (Å²) in [6.45, 7) is 2.65. The third-order valence-electron chi connectivity index (χ3n) is 2.16. The van der Waals surface area contributed by atoms with Crippen LogP contribution in [0.3, 0.4) is 0 Å². The van der Waals surface area contributed by atoms with Crippen LogP contribution in [0.25, 0.3) is 10.8 Å². The molecule has 0 heterocycles. The molecule has 0 radical (unpaired) electrons. The molecule has 0 fully saturated rings. The van der Waals surface area contributed by atoms with Gasteiger partial charge in [-0.2, -0.15) is 0 Å². The Morgan fingerprint density at radius 1 is 1.14 bits per heavy atom. The van der Waals surface area contributed by atoms with E-state index in [0.717, 1.165) is 16.0 Å². The standard InChI is InChI=1S/C12H12OS/c1-2-13-11-8-7-9-5-3-4-6-10(9)12(11)14/h3-8,14H,2H2,1H3. The second kappa shape index (κ2) is 3.93. The molecule has 0 atom stereocenters. The van der Waals surface area contributed by atoms with E-state index >= 15 is 0 Å². The molecule has 2 aromatic rings. The molecule has 0 saturated carbocycles. The topological polar surface area (TPSA) is 9.23 Å². The maximum Gasteiger partial charge on any atom is 0.133 e. The van der Waals surface area contributed by atoms with Gasteiger partial charge in [0.2, 0.25) is 0 Å². The van der Waals surface area contributed by atoms with Crippen molar-refractivity contribution in [2.45, 2.75) is 11.8 Å². The molecule has 0 unspecified atom stereocenters. The van der Waals surface area contributed by atoms with Gasteiger partial charge in [-0.1, -0.05) is 30.3 Å². The number of rotatable bonds is 2. The zero-order valence-electron chi connectivity index (χ0n) is 8.03. The first-order chi connectivity index (χ1) is 6.83. The largest absolute Gasteiger partial charge is 0.493 e. The lowest BCUT2D eigenvalue weighted by molar-refractivity contribution is 0.333. The van der Waals surface area contributed by atoms with Gasteiger partial charge in [0, 0.05) is 0 Å². The molecule has 0 spiro atoms. The highest BCUT2D eigenvalue weighted by Gasteiger charge is 2.03. The summed E-state index contributed by atoms with van der Waals surface area (Å²) in [6, 6.07) is 12.2. The van der Waals surface area contributed by atoms with Crippen molar-refractivity contribution in [3.63, 3.8) is 0 Å². The van der Waals surface area contributed by atoms with Crippen LogP contribution in [0.5, 0.6) is 5.75 Å². The van der Waals surface area contributed by atoms with E-state index in [4.69, 9.17) is 4.74 Å². The Morgan fingerprint density at radius 3 is 2.71 bits per heavy atom. The molecule has 14 heavy (non-hydrogen) atoms. The van der Waals surface area contributed by atoms with Crippen LogP contribution in [-0.4, -0.2) is 6.61 Å². The van der Waals surface area contributed by atoms with E-state index in [9.17, 15) is 0 Å². The molecule has 0 aliphatic heterocycles. The van der Waals surface area contributed by atoms with Gasteiger partial charge in [0.15, 0.2) is 0 Å². The zero-order valence-corrected chi connectivity index (χ0v) is 8.92. The Balaban J connectivity index is 2.63. The highest BCUT2D eigenvalue weighted by molar-refractivity contribution is 7.80. The van der Waals surface area contributed by atoms with Crippen LogP contribution in [0.2, 0.25) is 0 Å². The van der Waals surface area contributed by atoms with E-state index in [-0.39, 0.29) is 0 Å². The molecule has 2 rings (SSSR count). The van der Waals surface area contributed by atoms with E-state index in [1.54, 1.807) is 0 Å². The van der Waals surface area contributed by atoms with Crippen LogP contribution < -0.4 is 4.74 Å². The van der Waals surface area contributed by atoms with Crippen LogP contribution in [0, 0.1) is 0 Å². The number of benzene rings is 2. The third-order valence-corrected chi connectivity index (χ3v) is 2.62. The Bertz CT molecular complexity index is 451. The third kappa shape index (κ3) is 1.58. The minimum absolute atomic E-state index is 0.673. The maximum atomic E-state index is 5.47. The first kappa shape index (κ1) is 9.41. The maximum absolute atomic E-state index is 5.47. The molecule has 1 nitrogen and oxygen atoms in total. The first-order valence-corrected chi connectivity index (χ1v) is 5.11. The summed E-state index contributed by atoms with van der Waals surface area (Å²) in [4.78, 5) is 0.921. The summed E-state index contributed by atoms with van der Waals surface area (Å²) in [6.07, 6.45) is 0. The van der Waals surface area contributed by atoms with Gasteiger partial charge in [-0.25, -0.2) is 0 Å². The Morgan fingerprint density at radius 2 is 1.93 bits per heavy atom. The number of hydrogen-bond acceptors (Lipinski definition) is 2. The smallest absolute Gasteiger partial charge is 0.133 e. The number of ether oxygens (including phenoxy) is 1. The summed E-state index contributed by atoms with van der Waals surface area (Å²) >= 11 is 4.47. The minimum Gasteiger partial charge on any atom is -0.493 e. The van der Waals surface area contributed by atoms with Gasteiger partial charge < -0.3 is 4.74 Å². The van der Waals surface area contributed by atoms with Crippen LogP contribution in [0.4, 0.5) is 0 Å². The molecule has 72 valence electrons. The van der Waals surface area contributed by atoms with Crippen molar-refractivity contribution in [3.8, 4) is 5.75 Å². The van der Waals surface area contributed by atoms with Crippen molar-refractivity contribution < 1.29 is 4.74 Å². The first-order valence-electron chi connectivity index (χ1n) is 4.66. The van der Waals surface area contributed by atoms with Crippen molar-refractivity contribution in [3.05, 3.63) is 36.4 Å². The number of hydrogen-bond donors (Lipinski definition) is 1. The molecular formula is C12H12OS. The fourth-order valence-corrected chi connectivity index (χ4v) is 1.85. The van der Waals surface area contributed by atoms with Gasteiger partial charge in [-0.3, -0.25) is 0 Å². The van der Waals surface area contributed by atoms with Gasteiger partial charge in [0.25, 0.3) is 0 Å². The van der Waals surface area contributed by atoms with E-state index in [2.05, 4.69) is 30.8 Å². The molecule has 0 aromatic heterocycles. The van der Waals surface area contributed by atoms with Crippen molar-refractivity contribution in [1.82, 2.24) is 0 Å². The van der Waals surface area contributed by atoms with E-state index in [1.807, 2.05) is 25.1 Å². The van der Waals surface area contributed by atoms with Crippen molar-refractivity contribution in [2.24, 2.45) is 0 Å². The highest BCUT2D eigenvalue weighted by Crippen LogP contribution is 2.30. The van der Waals surface area contributed by atoms with Crippen molar-refractivity contribution >= 4 is 23.4 Å². The predicted molar refractivity (Wildman–Crippen MR) is 62.4 cm³/mol. The van der Waals surface area contributed by atoms with Gasteiger partial charge in [-0.15, -0.1) is 12.6 Å². The van der Waals surface area contributed by atoms with E-state index < -0.39 is 0 Å². The second-order valence-electron chi connectivity index (χ2n) is 3.07. The van der Waals surface area contributed by atoms with E-state index in [1.165, 1.54) is 5.39 Å². The number of thiol groups is 1. The normalized spacial score (nSPS) is 10.4. The molecular weight excluding hydrogens is 192 g/mol.